The molecule has 0 radical (unpaired) electrons. The zero-order valence-electron chi connectivity index (χ0n) is 8.87. The van der Waals surface area contributed by atoms with E-state index in [0.29, 0.717) is 0 Å². The van der Waals surface area contributed by atoms with Crippen molar-refractivity contribution < 1.29 is 4.74 Å². The van der Waals surface area contributed by atoms with Crippen molar-refractivity contribution >= 4 is 0 Å². The Bertz CT molecular complexity index is 209. The molecular formula is C10H18N2O. The number of nitrogens with zero attached hydrogens (tertiary/aromatic N) is 2. The molecule has 1 aliphatic heterocycles. The van der Waals surface area contributed by atoms with Crippen LogP contribution in [0.5, 0.6) is 0 Å². The van der Waals surface area contributed by atoms with Gasteiger partial charge in [0.25, 0.3) is 0 Å². The highest BCUT2D eigenvalue weighted by molar-refractivity contribution is 5.03. The highest BCUT2D eigenvalue weighted by Crippen LogP contribution is 2.20. The first-order valence-electron chi connectivity index (χ1n) is 4.77. The largest absolute Gasteiger partial charge is 0.373 e. The van der Waals surface area contributed by atoms with Crippen molar-refractivity contribution in [3.05, 3.63) is 0 Å². The highest BCUT2D eigenvalue weighted by Gasteiger charge is 2.32. The average Bonchev–Trinajstić information content (AvgIpc) is 2.02. The molecule has 0 aromatic heterocycles. The number of hydrogen-bond acceptors (Lipinski definition) is 3. The standard InChI is InChI=1S/C10H18N2O/c1-8-5-12(6-9(2)13-8)10(3,4)7-11/h8-9H,5-6H2,1-4H3. The van der Waals surface area contributed by atoms with Gasteiger partial charge in [0.2, 0.25) is 0 Å². The van der Waals surface area contributed by atoms with Crippen LogP contribution in [0.3, 0.4) is 0 Å². The van der Waals surface area contributed by atoms with Gasteiger partial charge in [-0.05, 0) is 27.7 Å². The van der Waals surface area contributed by atoms with Crippen LogP contribution in [-0.4, -0.2) is 35.7 Å². The molecule has 0 bridgehead atoms. The molecule has 2 atom stereocenters. The Morgan fingerprint density at radius 3 is 2.15 bits per heavy atom. The molecule has 0 aliphatic carbocycles. The summed E-state index contributed by atoms with van der Waals surface area (Å²) in [6.07, 6.45) is 0.466. The van der Waals surface area contributed by atoms with Crippen molar-refractivity contribution in [2.45, 2.75) is 45.4 Å². The van der Waals surface area contributed by atoms with E-state index in [4.69, 9.17) is 10.00 Å². The maximum Gasteiger partial charge on any atom is 0.103 e. The van der Waals surface area contributed by atoms with Crippen LogP contribution in [0.1, 0.15) is 27.7 Å². The highest BCUT2D eigenvalue weighted by atomic mass is 16.5. The Morgan fingerprint density at radius 2 is 1.77 bits per heavy atom. The van der Waals surface area contributed by atoms with Crippen molar-refractivity contribution in [1.29, 1.82) is 5.26 Å². The minimum atomic E-state index is -0.369. The number of morpholine rings is 1. The summed E-state index contributed by atoms with van der Waals surface area (Å²) >= 11 is 0. The van der Waals surface area contributed by atoms with Crippen LogP contribution < -0.4 is 0 Å². The molecule has 1 heterocycles. The minimum absolute atomic E-state index is 0.233. The smallest absolute Gasteiger partial charge is 0.103 e. The summed E-state index contributed by atoms with van der Waals surface area (Å²) in [5.41, 5.74) is -0.369. The maximum atomic E-state index is 8.99. The van der Waals surface area contributed by atoms with Crippen LogP contribution in [0, 0.1) is 11.3 Å². The lowest BCUT2D eigenvalue weighted by atomic mass is 10.0. The van der Waals surface area contributed by atoms with Gasteiger partial charge in [-0.2, -0.15) is 5.26 Å². The predicted molar refractivity (Wildman–Crippen MR) is 51.3 cm³/mol. The van der Waals surface area contributed by atoms with Gasteiger partial charge in [0, 0.05) is 13.1 Å². The summed E-state index contributed by atoms with van der Waals surface area (Å²) in [6.45, 7) is 9.72. The van der Waals surface area contributed by atoms with Gasteiger partial charge in [0.15, 0.2) is 0 Å². The zero-order valence-corrected chi connectivity index (χ0v) is 8.87. The van der Waals surface area contributed by atoms with E-state index in [1.165, 1.54) is 0 Å². The van der Waals surface area contributed by atoms with Crippen LogP contribution in [0.2, 0.25) is 0 Å². The predicted octanol–water partition coefficient (Wildman–Crippen LogP) is 1.40. The fourth-order valence-electron chi connectivity index (χ4n) is 1.71. The summed E-state index contributed by atoms with van der Waals surface area (Å²) < 4.78 is 5.60. The first-order chi connectivity index (χ1) is 5.95. The maximum absolute atomic E-state index is 8.99. The summed E-state index contributed by atoms with van der Waals surface area (Å²) in [5.74, 6) is 0. The van der Waals surface area contributed by atoms with E-state index in [1.54, 1.807) is 0 Å². The number of nitriles is 1. The van der Waals surface area contributed by atoms with Gasteiger partial charge in [-0.3, -0.25) is 4.90 Å². The van der Waals surface area contributed by atoms with Gasteiger partial charge >= 0.3 is 0 Å². The van der Waals surface area contributed by atoms with Crippen molar-refractivity contribution in [1.82, 2.24) is 4.90 Å². The Kier molecular flexibility index (Phi) is 2.94. The van der Waals surface area contributed by atoms with Crippen molar-refractivity contribution in [3.63, 3.8) is 0 Å². The number of rotatable bonds is 1. The third-order valence-electron chi connectivity index (χ3n) is 2.48. The summed E-state index contributed by atoms with van der Waals surface area (Å²) in [7, 11) is 0. The lowest BCUT2D eigenvalue weighted by Crippen LogP contribution is -2.54. The Morgan fingerprint density at radius 1 is 1.31 bits per heavy atom. The molecule has 1 saturated heterocycles. The summed E-state index contributed by atoms with van der Waals surface area (Å²) in [6, 6.07) is 2.32. The second-order valence-electron chi connectivity index (χ2n) is 4.33. The Hall–Kier alpha value is -0.590. The molecule has 1 fully saturated rings. The van der Waals surface area contributed by atoms with Gasteiger partial charge in [-0.1, -0.05) is 0 Å². The van der Waals surface area contributed by atoms with E-state index in [9.17, 15) is 0 Å². The summed E-state index contributed by atoms with van der Waals surface area (Å²) in [4.78, 5) is 2.19. The molecular weight excluding hydrogens is 164 g/mol. The molecule has 13 heavy (non-hydrogen) atoms. The lowest BCUT2D eigenvalue weighted by molar-refractivity contribution is -0.0863. The molecule has 0 spiro atoms. The third-order valence-corrected chi connectivity index (χ3v) is 2.48. The fraction of sp³-hybridized carbons (Fsp3) is 0.900. The first-order valence-corrected chi connectivity index (χ1v) is 4.77. The molecule has 1 rings (SSSR count). The molecule has 0 saturated carbocycles. The molecule has 3 heteroatoms. The van der Waals surface area contributed by atoms with Crippen molar-refractivity contribution in [2.24, 2.45) is 0 Å². The molecule has 3 nitrogen and oxygen atoms in total. The van der Waals surface area contributed by atoms with Gasteiger partial charge in [-0.15, -0.1) is 0 Å². The van der Waals surface area contributed by atoms with E-state index in [0.717, 1.165) is 13.1 Å². The van der Waals surface area contributed by atoms with Crippen LogP contribution in [0.15, 0.2) is 0 Å². The van der Waals surface area contributed by atoms with Gasteiger partial charge in [-0.25, -0.2) is 0 Å². The van der Waals surface area contributed by atoms with E-state index in [2.05, 4.69) is 24.8 Å². The van der Waals surface area contributed by atoms with Crippen LogP contribution in [0.25, 0.3) is 0 Å². The lowest BCUT2D eigenvalue weighted by Gasteiger charge is -2.41. The van der Waals surface area contributed by atoms with Crippen LogP contribution in [0.4, 0.5) is 0 Å². The molecule has 1 aliphatic rings. The van der Waals surface area contributed by atoms with Gasteiger partial charge in [0.1, 0.15) is 5.54 Å². The summed E-state index contributed by atoms with van der Waals surface area (Å²) in [5, 5.41) is 8.99. The fourth-order valence-corrected chi connectivity index (χ4v) is 1.71. The van der Waals surface area contributed by atoms with Crippen molar-refractivity contribution in [3.8, 4) is 6.07 Å². The van der Waals surface area contributed by atoms with Crippen LogP contribution in [-0.2, 0) is 4.74 Å². The second-order valence-corrected chi connectivity index (χ2v) is 4.33. The molecule has 74 valence electrons. The monoisotopic (exact) mass is 182 g/mol. The first kappa shape index (κ1) is 10.5. The SMILES string of the molecule is CC1CN(C(C)(C)C#N)CC(C)O1. The van der Waals surface area contributed by atoms with Crippen molar-refractivity contribution in [2.75, 3.05) is 13.1 Å². The Labute approximate surface area is 80.3 Å². The zero-order chi connectivity index (χ0) is 10.1. The minimum Gasteiger partial charge on any atom is -0.373 e. The quantitative estimate of drug-likeness (QED) is 0.615. The van der Waals surface area contributed by atoms with Gasteiger partial charge < -0.3 is 4.74 Å². The number of hydrogen-bond donors (Lipinski definition) is 0. The Balaban J connectivity index is 2.66. The van der Waals surface area contributed by atoms with E-state index in [1.807, 2.05) is 13.8 Å². The third kappa shape index (κ3) is 2.43. The average molecular weight is 182 g/mol. The molecule has 2 unspecified atom stereocenters. The molecule has 0 amide bonds. The number of ether oxygens (including phenoxy) is 1. The second kappa shape index (κ2) is 3.65. The normalized spacial score (nSPS) is 31.3. The van der Waals surface area contributed by atoms with E-state index >= 15 is 0 Å². The topological polar surface area (TPSA) is 36.3 Å². The van der Waals surface area contributed by atoms with E-state index < -0.39 is 0 Å². The van der Waals surface area contributed by atoms with E-state index in [-0.39, 0.29) is 17.7 Å². The molecule has 0 aromatic rings. The molecule has 0 N–H and O–H groups in total. The van der Waals surface area contributed by atoms with Gasteiger partial charge in [0.05, 0.1) is 18.3 Å². The molecule has 0 aromatic carbocycles. The van der Waals surface area contributed by atoms with Crippen LogP contribution >= 0.6 is 0 Å².